The van der Waals surface area contributed by atoms with Crippen LogP contribution < -0.4 is 5.32 Å². The quantitative estimate of drug-likeness (QED) is 0.790. The third-order valence-corrected chi connectivity index (χ3v) is 4.91. The lowest BCUT2D eigenvalue weighted by atomic mass is 10.2. The van der Waals surface area contributed by atoms with Gasteiger partial charge in [-0.3, -0.25) is 0 Å². The second-order valence-electron chi connectivity index (χ2n) is 3.76. The van der Waals surface area contributed by atoms with Crippen molar-refractivity contribution < 1.29 is 5.11 Å². The Bertz CT molecular complexity index is 439. The van der Waals surface area contributed by atoms with Crippen LogP contribution in [0, 0.1) is 0 Å². The maximum atomic E-state index is 8.92. The molecule has 0 saturated carbocycles. The van der Waals surface area contributed by atoms with E-state index in [0.717, 1.165) is 22.0 Å². The van der Waals surface area contributed by atoms with Crippen LogP contribution in [-0.4, -0.2) is 35.5 Å². The van der Waals surface area contributed by atoms with E-state index >= 15 is 0 Å². The topological polar surface area (TPSA) is 45.1 Å². The first-order valence-corrected chi connectivity index (χ1v) is 7.40. The van der Waals surface area contributed by atoms with Gasteiger partial charge in [-0.25, -0.2) is 4.98 Å². The van der Waals surface area contributed by atoms with Gasteiger partial charge < -0.3 is 10.4 Å². The molecule has 1 aromatic heterocycles. The number of benzene rings is 1. The Kier molecular flexibility index (Phi) is 4.79. The van der Waals surface area contributed by atoms with Crippen LogP contribution in [-0.2, 0) is 0 Å². The highest BCUT2D eigenvalue weighted by atomic mass is 32.2. The minimum atomic E-state index is 0.228. The molecule has 1 heterocycles. The molecule has 0 fully saturated rings. The molecule has 17 heavy (non-hydrogen) atoms. The lowest BCUT2D eigenvalue weighted by molar-refractivity contribution is 0.273. The van der Waals surface area contributed by atoms with E-state index in [4.69, 9.17) is 5.11 Å². The van der Waals surface area contributed by atoms with Crippen molar-refractivity contribution in [1.29, 1.82) is 0 Å². The van der Waals surface area contributed by atoms with E-state index in [1.54, 1.807) is 23.1 Å². The minimum Gasteiger partial charge on any atom is -0.396 e. The van der Waals surface area contributed by atoms with E-state index in [1.165, 1.54) is 4.70 Å². The number of fused-ring (bicyclic) bond motifs is 1. The third-order valence-electron chi connectivity index (χ3n) is 2.57. The summed E-state index contributed by atoms with van der Waals surface area (Å²) in [6.07, 6.45) is 0.786. The predicted octanol–water partition coefficient (Wildman–Crippen LogP) is 2.36. The Morgan fingerprint density at radius 2 is 2.29 bits per heavy atom. The SMILES string of the molecule is CNC(CCO)CSc1nc2ccccc2s1. The molecule has 1 atom stereocenters. The highest BCUT2D eigenvalue weighted by molar-refractivity contribution is 8.01. The van der Waals surface area contributed by atoms with Gasteiger partial charge in [0.15, 0.2) is 4.34 Å². The van der Waals surface area contributed by atoms with Crippen molar-refractivity contribution in [1.82, 2.24) is 10.3 Å². The first-order valence-electron chi connectivity index (χ1n) is 5.60. The fraction of sp³-hybridized carbons (Fsp3) is 0.417. The Morgan fingerprint density at radius 3 is 3.00 bits per heavy atom. The van der Waals surface area contributed by atoms with Crippen molar-refractivity contribution in [2.24, 2.45) is 0 Å². The second kappa shape index (κ2) is 6.35. The number of rotatable bonds is 6. The van der Waals surface area contributed by atoms with Gasteiger partial charge in [-0.15, -0.1) is 11.3 Å². The van der Waals surface area contributed by atoms with Crippen LogP contribution in [0.4, 0.5) is 0 Å². The summed E-state index contributed by atoms with van der Waals surface area (Å²) in [4.78, 5) is 4.57. The van der Waals surface area contributed by atoms with Crippen LogP contribution >= 0.6 is 23.1 Å². The number of thiazole rings is 1. The molecule has 2 rings (SSSR count). The van der Waals surface area contributed by atoms with E-state index in [-0.39, 0.29) is 6.61 Å². The molecule has 0 aliphatic carbocycles. The maximum absolute atomic E-state index is 8.92. The lowest BCUT2D eigenvalue weighted by Gasteiger charge is -2.12. The van der Waals surface area contributed by atoms with Gasteiger partial charge in [0.1, 0.15) is 0 Å². The second-order valence-corrected chi connectivity index (χ2v) is 6.05. The Hall–Kier alpha value is -0.620. The van der Waals surface area contributed by atoms with Gasteiger partial charge in [-0.1, -0.05) is 23.9 Å². The van der Waals surface area contributed by atoms with Crippen LogP contribution in [0.25, 0.3) is 10.2 Å². The normalized spacial score (nSPS) is 13.1. The molecule has 5 heteroatoms. The maximum Gasteiger partial charge on any atom is 0.151 e. The third kappa shape index (κ3) is 3.42. The van der Waals surface area contributed by atoms with Crippen molar-refractivity contribution in [3.8, 4) is 0 Å². The molecule has 0 bridgehead atoms. The summed E-state index contributed by atoms with van der Waals surface area (Å²) in [5.41, 5.74) is 1.07. The fourth-order valence-corrected chi connectivity index (χ4v) is 3.80. The van der Waals surface area contributed by atoms with E-state index in [1.807, 2.05) is 25.2 Å². The van der Waals surface area contributed by atoms with Gasteiger partial charge in [0.2, 0.25) is 0 Å². The molecule has 92 valence electrons. The number of hydrogen-bond acceptors (Lipinski definition) is 5. The number of nitrogens with one attached hydrogen (secondary N) is 1. The van der Waals surface area contributed by atoms with Crippen LogP contribution in [0.1, 0.15) is 6.42 Å². The zero-order valence-corrected chi connectivity index (χ0v) is 11.4. The van der Waals surface area contributed by atoms with Crippen LogP contribution in [0.2, 0.25) is 0 Å². The van der Waals surface area contributed by atoms with Crippen LogP contribution in [0.3, 0.4) is 0 Å². The van der Waals surface area contributed by atoms with Crippen molar-refractivity contribution in [2.45, 2.75) is 16.8 Å². The summed E-state index contributed by atoms with van der Waals surface area (Å²) in [7, 11) is 1.93. The van der Waals surface area contributed by atoms with Gasteiger partial charge >= 0.3 is 0 Å². The van der Waals surface area contributed by atoms with Crippen LogP contribution in [0.15, 0.2) is 28.6 Å². The van der Waals surface area contributed by atoms with E-state index in [2.05, 4.69) is 16.4 Å². The number of nitrogens with zero attached hydrogens (tertiary/aromatic N) is 1. The molecule has 2 N–H and O–H groups in total. The number of thioether (sulfide) groups is 1. The number of para-hydroxylation sites is 1. The average Bonchev–Trinajstić information content (AvgIpc) is 2.77. The van der Waals surface area contributed by atoms with Crippen molar-refractivity contribution >= 4 is 33.3 Å². The summed E-state index contributed by atoms with van der Waals surface area (Å²) in [5, 5.41) is 12.1. The first kappa shape index (κ1) is 12.8. The monoisotopic (exact) mass is 268 g/mol. The standard InChI is InChI=1S/C12H16N2OS2/c1-13-9(6-7-15)8-16-12-14-10-4-2-3-5-11(10)17-12/h2-5,9,13,15H,6-8H2,1H3. The zero-order chi connectivity index (χ0) is 12.1. The average molecular weight is 268 g/mol. The molecular weight excluding hydrogens is 252 g/mol. The van der Waals surface area contributed by atoms with E-state index < -0.39 is 0 Å². The van der Waals surface area contributed by atoms with Crippen molar-refractivity contribution in [2.75, 3.05) is 19.4 Å². The molecule has 0 spiro atoms. The zero-order valence-electron chi connectivity index (χ0n) is 9.72. The number of aliphatic hydroxyl groups excluding tert-OH is 1. The van der Waals surface area contributed by atoms with E-state index in [0.29, 0.717) is 6.04 Å². The summed E-state index contributed by atoms with van der Waals surface area (Å²) >= 11 is 3.48. The van der Waals surface area contributed by atoms with Crippen LogP contribution in [0.5, 0.6) is 0 Å². The highest BCUT2D eigenvalue weighted by Crippen LogP contribution is 2.29. The predicted molar refractivity (Wildman–Crippen MR) is 74.9 cm³/mol. The Balaban J connectivity index is 1.98. The van der Waals surface area contributed by atoms with Gasteiger partial charge in [-0.2, -0.15) is 0 Å². The summed E-state index contributed by atoms with van der Waals surface area (Å²) in [6, 6.07) is 8.53. The summed E-state index contributed by atoms with van der Waals surface area (Å²) in [6.45, 7) is 0.228. The first-order chi connectivity index (χ1) is 8.33. The molecule has 2 aromatic rings. The smallest absolute Gasteiger partial charge is 0.151 e. The number of aromatic nitrogens is 1. The number of aliphatic hydroxyl groups is 1. The molecule has 0 amide bonds. The molecule has 0 saturated heterocycles. The highest BCUT2D eigenvalue weighted by Gasteiger charge is 2.08. The summed E-state index contributed by atoms with van der Waals surface area (Å²) in [5.74, 6) is 0.941. The molecule has 1 aromatic carbocycles. The van der Waals surface area contributed by atoms with Crippen molar-refractivity contribution in [3.05, 3.63) is 24.3 Å². The summed E-state index contributed by atoms with van der Waals surface area (Å²) < 4.78 is 2.34. The van der Waals surface area contributed by atoms with Gasteiger partial charge in [0, 0.05) is 18.4 Å². The van der Waals surface area contributed by atoms with Gasteiger partial charge in [0.25, 0.3) is 0 Å². The largest absolute Gasteiger partial charge is 0.396 e. The van der Waals surface area contributed by atoms with E-state index in [9.17, 15) is 0 Å². The molecule has 0 radical (unpaired) electrons. The lowest BCUT2D eigenvalue weighted by Crippen LogP contribution is -2.28. The number of hydrogen-bond donors (Lipinski definition) is 2. The molecule has 3 nitrogen and oxygen atoms in total. The van der Waals surface area contributed by atoms with Gasteiger partial charge in [-0.05, 0) is 25.6 Å². The molecule has 0 aliphatic heterocycles. The van der Waals surface area contributed by atoms with Gasteiger partial charge in [0.05, 0.1) is 10.2 Å². The van der Waals surface area contributed by atoms with Crippen molar-refractivity contribution in [3.63, 3.8) is 0 Å². The molecule has 0 aliphatic rings. The molecule has 1 unspecified atom stereocenters. The minimum absolute atomic E-state index is 0.228. The molecular formula is C12H16N2OS2. The Labute approximate surface area is 109 Å². The fourth-order valence-electron chi connectivity index (χ4n) is 1.55. The Morgan fingerprint density at radius 1 is 1.47 bits per heavy atom.